The monoisotopic (exact) mass is 677 g/mol. The Kier molecular flexibility index (Phi) is 7.57. The van der Waals surface area contributed by atoms with Crippen LogP contribution < -0.4 is 0 Å². The zero-order chi connectivity index (χ0) is 33.6. The van der Waals surface area contributed by atoms with Gasteiger partial charge in [0.2, 0.25) is 0 Å². The summed E-state index contributed by atoms with van der Waals surface area (Å²) < 4.78 is 7.77. The predicted octanol–water partition coefficient (Wildman–Crippen LogP) is 13.0. The van der Waals surface area contributed by atoms with Gasteiger partial charge in [0.1, 0.15) is 0 Å². The van der Waals surface area contributed by atoms with Crippen LogP contribution in [0.4, 0.5) is 0 Å². The molecule has 4 aromatic heterocycles. The lowest BCUT2D eigenvalue weighted by atomic mass is 10.0. The van der Waals surface area contributed by atoms with Gasteiger partial charge >= 0.3 is 0 Å². The molecular formula is C45H31N3S2. The first-order valence-corrected chi connectivity index (χ1v) is 18.2. The first-order valence-electron chi connectivity index (χ1n) is 16.6. The molecule has 0 aliphatic rings. The minimum Gasteiger partial charge on any atom is -0.306 e. The van der Waals surface area contributed by atoms with Crippen LogP contribution in [0, 0.1) is 0 Å². The highest BCUT2D eigenvalue weighted by Gasteiger charge is 2.22. The highest BCUT2D eigenvalue weighted by molar-refractivity contribution is 7.33. The third-order valence-electron chi connectivity index (χ3n) is 9.15. The summed E-state index contributed by atoms with van der Waals surface area (Å²) in [5.41, 5.74) is 10.7. The minimum atomic E-state index is 0.694. The maximum absolute atomic E-state index is 5.16. The van der Waals surface area contributed by atoms with E-state index < -0.39 is 0 Å². The molecule has 0 radical (unpaired) electrons. The van der Waals surface area contributed by atoms with Gasteiger partial charge < -0.3 is 4.57 Å². The van der Waals surface area contributed by atoms with E-state index in [1.807, 2.05) is 47.0 Å². The molecule has 0 saturated carbocycles. The van der Waals surface area contributed by atoms with E-state index in [1.54, 1.807) is 0 Å². The van der Waals surface area contributed by atoms with Crippen LogP contribution >= 0.6 is 22.7 Å². The normalized spacial score (nSPS) is 12.4. The topological polar surface area (TPSA) is 30.7 Å². The number of aromatic nitrogens is 3. The zero-order valence-electron chi connectivity index (χ0n) is 27.4. The van der Waals surface area contributed by atoms with Gasteiger partial charge in [0.15, 0.2) is 5.82 Å². The number of hydrogen-bond donors (Lipinski definition) is 0. The average Bonchev–Trinajstić information content (AvgIpc) is 3.83. The fourth-order valence-corrected chi connectivity index (χ4v) is 9.28. The lowest BCUT2D eigenvalue weighted by Gasteiger charge is -2.12. The highest BCUT2D eigenvalue weighted by atomic mass is 32.1. The number of allylic oxidation sites excluding steroid dienone is 5. The number of thiophene rings is 2. The van der Waals surface area contributed by atoms with Gasteiger partial charge in [-0.3, -0.25) is 0 Å². The van der Waals surface area contributed by atoms with Crippen LogP contribution in [0.15, 0.2) is 164 Å². The maximum Gasteiger partial charge on any atom is 0.160 e. The van der Waals surface area contributed by atoms with Crippen molar-refractivity contribution in [3.8, 4) is 28.3 Å². The summed E-state index contributed by atoms with van der Waals surface area (Å²) in [5, 5.41) is 2.57. The van der Waals surface area contributed by atoms with Crippen molar-refractivity contribution in [1.29, 1.82) is 0 Å². The second-order valence-corrected chi connectivity index (χ2v) is 14.4. The standard InChI is InChI=1S/C45H31N3S2/c1-3-14-33(30-15-6-4-7-16-30)27-29(2)37-28-38(31-17-8-5-9-18-31)47-45(46-37)32-23-25-34(26-24-32)48-41-35-19-10-12-21-39(35)49-43(41)44-42(48)36-20-11-13-22-40(36)50-44/h3-28H,1H2,2H3/b29-27+,33-14+. The van der Waals surface area contributed by atoms with Crippen LogP contribution in [0.2, 0.25) is 0 Å². The molecule has 50 heavy (non-hydrogen) atoms. The van der Waals surface area contributed by atoms with Gasteiger partial charge in [-0.15, -0.1) is 22.7 Å². The van der Waals surface area contributed by atoms with E-state index in [1.165, 1.54) is 40.6 Å². The van der Waals surface area contributed by atoms with Crippen molar-refractivity contribution in [3.63, 3.8) is 0 Å². The smallest absolute Gasteiger partial charge is 0.160 e. The van der Waals surface area contributed by atoms with Crippen LogP contribution in [0.3, 0.4) is 0 Å². The number of hydrogen-bond acceptors (Lipinski definition) is 4. The van der Waals surface area contributed by atoms with Gasteiger partial charge in [-0.05, 0) is 72.2 Å². The fraction of sp³-hybridized carbons (Fsp3) is 0.0222. The molecule has 9 rings (SSSR count). The molecule has 5 aromatic carbocycles. The molecule has 5 heteroatoms. The predicted molar refractivity (Wildman–Crippen MR) is 216 cm³/mol. The van der Waals surface area contributed by atoms with Crippen LogP contribution in [-0.4, -0.2) is 14.5 Å². The lowest BCUT2D eigenvalue weighted by molar-refractivity contribution is 1.15. The molecule has 0 fully saturated rings. The highest BCUT2D eigenvalue weighted by Crippen LogP contribution is 2.48. The van der Waals surface area contributed by atoms with Crippen LogP contribution in [0.25, 0.3) is 80.1 Å². The summed E-state index contributed by atoms with van der Waals surface area (Å²) in [6.45, 7) is 6.08. The summed E-state index contributed by atoms with van der Waals surface area (Å²) in [6.07, 6.45) is 6.05. The Hall–Kier alpha value is -5.88. The van der Waals surface area contributed by atoms with Crippen molar-refractivity contribution < 1.29 is 0 Å². The molecule has 0 amide bonds. The van der Waals surface area contributed by atoms with Crippen molar-refractivity contribution in [3.05, 3.63) is 176 Å². The molecule has 9 aromatic rings. The average molecular weight is 678 g/mol. The number of rotatable bonds is 7. The van der Waals surface area contributed by atoms with E-state index in [0.717, 1.165) is 44.9 Å². The van der Waals surface area contributed by atoms with Gasteiger partial charge in [0, 0.05) is 37.0 Å². The summed E-state index contributed by atoms with van der Waals surface area (Å²) >= 11 is 3.77. The Bertz CT molecular complexity index is 2670. The molecule has 0 bridgehead atoms. The first kappa shape index (κ1) is 30.2. The third kappa shape index (κ3) is 5.19. The Morgan fingerprint density at radius 2 is 1.22 bits per heavy atom. The number of benzene rings is 5. The van der Waals surface area contributed by atoms with Crippen molar-refractivity contribution >= 4 is 74.4 Å². The van der Waals surface area contributed by atoms with Crippen molar-refractivity contribution in [2.24, 2.45) is 0 Å². The Labute approximate surface area is 298 Å². The maximum atomic E-state index is 5.16. The lowest BCUT2D eigenvalue weighted by Crippen LogP contribution is -1.99. The van der Waals surface area contributed by atoms with Crippen LogP contribution in [0.5, 0.6) is 0 Å². The molecule has 0 aliphatic carbocycles. The molecule has 0 unspecified atom stereocenters. The number of fused-ring (bicyclic) bond motifs is 7. The van der Waals surface area contributed by atoms with Gasteiger partial charge in [0.25, 0.3) is 0 Å². The van der Waals surface area contributed by atoms with Crippen molar-refractivity contribution in [2.45, 2.75) is 6.92 Å². The molecule has 0 aliphatic heterocycles. The Morgan fingerprint density at radius 3 is 1.84 bits per heavy atom. The number of nitrogens with zero attached hydrogens (tertiary/aromatic N) is 3. The van der Waals surface area contributed by atoms with Crippen LogP contribution in [0.1, 0.15) is 18.2 Å². The van der Waals surface area contributed by atoms with Gasteiger partial charge in [-0.25, -0.2) is 9.97 Å². The summed E-state index contributed by atoms with van der Waals surface area (Å²) in [7, 11) is 0. The molecular weight excluding hydrogens is 647 g/mol. The summed E-state index contributed by atoms with van der Waals surface area (Å²) in [5.74, 6) is 0.694. The SMILES string of the molecule is C=C/C=C(\C=C(/C)c1cc(-c2ccccc2)nc(-c2ccc(-n3c4c5ccccc5sc4c4sc5ccccc5c43)cc2)n1)c1ccccc1. The molecule has 0 spiro atoms. The second kappa shape index (κ2) is 12.5. The second-order valence-electron chi connectivity index (χ2n) is 12.3. The minimum absolute atomic E-state index is 0.694. The van der Waals surface area contributed by atoms with E-state index in [2.05, 4.69) is 152 Å². The third-order valence-corrected chi connectivity index (χ3v) is 11.6. The Morgan fingerprint density at radius 1 is 0.640 bits per heavy atom. The van der Waals surface area contributed by atoms with Crippen molar-refractivity contribution in [1.82, 2.24) is 14.5 Å². The zero-order valence-corrected chi connectivity index (χ0v) is 29.0. The molecule has 238 valence electrons. The first-order chi connectivity index (χ1) is 24.7. The molecule has 4 heterocycles. The Balaban J connectivity index is 1.19. The van der Waals surface area contributed by atoms with Crippen molar-refractivity contribution in [2.75, 3.05) is 0 Å². The van der Waals surface area contributed by atoms with E-state index in [0.29, 0.717) is 5.82 Å². The summed E-state index contributed by atoms with van der Waals surface area (Å²) in [4.78, 5) is 10.3. The quantitative estimate of drug-likeness (QED) is 0.157. The molecule has 0 N–H and O–H groups in total. The van der Waals surface area contributed by atoms with E-state index >= 15 is 0 Å². The molecule has 0 atom stereocenters. The molecule has 0 saturated heterocycles. The van der Waals surface area contributed by atoms with Crippen LogP contribution in [-0.2, 0) is 0 Å². The molecule has 3 nitrogen and oxygen atoms in total. The fourth-order valence-electron chi connectivity index (χ4n) is 6.77. The van der Waals surface area contributed by atoms with E-state index in [9.17, 15) is 0 Å². The van der Waals surface area contributed by atoms with E-state index in [-0.39, 0.29) is 0 Å². The summed E-state index contributed by atoms with van der Waals surface area (Å²) in [6, 6.07) is 49.1. The van der Waals surface area contributed by atoms with Gasteiger partial charge in [-0.2, -0.15) is 0 Å². The van der Waals surface area contributed by atoms with Gasteiger partial charge in [-0.1, -0.05) is 116 Å². The largest absolute Gasteiger partial charge is 0.306 e. The van der Waals surface area contributed by atoms with Gasteiger partial charge in [0.05, 0.1) is 31.8 Å². The van der Waals surface area contributed by atoms with E-state index in [4.69, 9.17) is 9.97 Å².